The fourth-order valence-electron chi connectivity index (χ4n) is 5.53. The third-order valence-electron chi connectivity index (χ3n) is 8.36. The number of rotatable bonds is 15. The van der Waals surface area contributed by atoms with Crippen molar-refractivity contribution in [1.29, 1.82) is 0 Å². The molecule has 5 aromatic carbocycles. The van der Waals surface area contributed by atoms with Crippen molar-refractivity contribution in [3.8, 4) is 28.5 Å². The number of thioether (sulfide) groups is 1. The van der Waals surface area contributed by atoms with Gasteiger partial charge >= 0.3 is 0 Å². The summed E-state index contributed by atoms with van der Waals surface area (Å²) in [7, 11) is 4.46. The molecule has 3 amide bonds. The van der Waals surface area contributed by atoms with Gasteiger partial charge in [0, 0.05) is 50.9 Å². The molecule has 0 saturated carbocycles. The Balaban J connectivity index is 1.21. The lowest BCUT2D eigenvalue weighted by Gasteiger charge is -2.17. The zero-order valence-electron chi connectivity index (χ0n) is 30.8. The number of ether oxygens (including phenoxy) is 3. The number of nitrogens with one attached hydrogen (secondary N) is 3. The van der Waals surface area contributed by atoms with Gasteiger partial charge in [0.1, 0.15) is 16.7 Å². The highest BCUT2D eigenvalue weighted by molar-refractivity contribution is 8.00. The number of methoxy groups -OCH3 is 3. The zero-order valence-corrected chi connectivity index (χ0v) is 32.4. The maximum absolute atomic E-state index is 13.8. The molecule has 15 heteroatoms. The van der Waals surface area contributed by atoms with Crippen LogP contribution in [0.1, 0.15) is 26.7 Å². The number of benzene rings is 5. The Labute approximate surface area is 335 Å². The van der Waals surface area contributed by atoms with E-state index in [9.17, 15) is 24.5 Å². The van der Waals surface area contributed by atoms with Gasteiger partial charge in [-0.1, -0.05) is 60.7 Å². The Bertz CT molecular complexity index is 2420. The highest BCUT2D eigenvalue weighted by Crippen LogP contribution is 2.38. The number of carbonyl (C=O) groups excluding carboxylic acids is 3. The lowest BCUT2D eigenvalue weighted by molar-refractivity contribution is -0.384. The first-order valence-corrected chi connectivity index (χ1v) is 18.9. The summed E-state index contributed by atoms with van der Waals surface area (Å²) in [5, 5.41) is 21.1. The molecule has 0 saturated heterocycles. The molecule has 1 atom stereocenters. The number of nitro groups is 1. The van der Waals surface area contributed by atoms with E-state index in [0.29, 0.717) is 50.5 Å². The maximum Gasteiger partial charge on any atom is 0.272 e. The molecule has 3 N–H and O–H groups in total. The quantitative estimate of drug-likeness (QED) is 0.0395. The van der Waals surface area contributed by atoms with E-state index in [2.05, 4.69) is 20.9 Å². The van der Waals surface area contributed by atoms with Crippen LogP contribution in [0.4, 0.5) is 16.5 Å². The summed E-state index contributed by atoms with van der Waals surface area (Å²) in [6.07, 6.45) is 1.49. The topological polar surface area (TPSA) is 171 Å². The van der Waals surface area contributed by atoms with Crippen molar-refractivity contribution >= 4 is 63.4 Å². The van der Waals surface area contributed by atoms with Gasteiger partial charge in [0.2, 0.25) is 5.91 Å². The molecular formula is C42H35N5O8S2. The van der Waals surface area contributed by atoms with Crippen molar-refractivity contribution in [2.24, 2.45) is 0 Å². The van der Waals surface area contributed by atoms with Crippen LogP contribution >= 0.6 is 23.1 Å². The summed E-state index contributed by atoms with van der Waals surface area (Å²) >= 11 is 2.51. The fraction of sp³-hybridized carbons (Fsp3) is 0.0952. The number of non-ortho nitro benzene ring substituents is 1. The van der Waals surface area contributed by atoms with Gasteiger partial charge in [-0.15, -0.1) is 23.1 Å². The lowest BCUT2D eigenvalue weighted by Crippen LogP contribution is -2.30. The summed E-state index contributed by atoms with van der Waals surface area (Å²) in [4.78, 5) is 56.9. The third-order valence-corrected chi connectivity index (χ3v) is 10.4. The van der Waals surface area contributed by atoms with Crippen molar-refractivity contribution in [3.63, 3.8) is 0 Å². The van der Waals surface area contributed by atoms with E-state index >= 15 is 0 Å². The maximum atomic E-state index is 13.8. The number of aromatic nitrogens is 1. The van der Waals surface area contributed by atoms with E-state index in [1.54, 1.807) is 84.2 Å². The summed E-state index contributed by atoms with van der Waals surface area (Å²) in [6.45, 7) is 0. The number of hydrogen-bond acceptors (Lipinski definition) is 11. The minimum absolute atomic E-state index is 0.0563. The van der Waals surface area contributed by atoms with Gasteiger partial charge in [-0.25, -0.2) is 4.98 Å². The summed E-state index contributed by atoms with van der Waals surface area (Å²) < 4.78 is 16.4. The van der Waals surface area contributed by atoms with Crippen LogP contribution in [0.3, 0.4) is 0 Å². The van der Waals surface area contributed by atoms with Crippen LogP contribution in [-0.2, 0) is 9.59 Å². The first-order valence-electron chi connectivity index (χ1n) is 17.2. The van der Waals surface area contributed by atoms with Crippen LogP contribution in [0.15, 0.2) is 137 Å². The van der Waals surface area contributed by atoms with E-state index in [4.69, 9.17) is 14.2 Å². The van der Waals surface area contributed by atoms with Gasteiger partial charge in [-0.2, -0.15) is 0 Å². The second-order valence-electron chi connectivity index (χ2n) is 12.0. The molecule has 0 bridgehead atoms. The predicted molar refractivity (Wildman–Crippen MR) is 221 cm³/mol. The smallest absolute Gasteiger partial charge is 0.272 e. The number of carbonyl (C=O) groups is 3. The van der Waals surface area contributed by atoms with Crippen molar-refractivity contribution in [3.05, 3.63) is 159 Å². The molecule has 288 valence electrons. The minimum atomic E-state index is -0.684. The van der Waals surface area contributed by atoms with Crippen LogP contribution in [0.5, 0.6) is 17.2 Å². The second kappa shape index (κ2) is 18.6. The molecule has 13 nitrogen and oxygen atoms in total. The molecule has 0 radical (unpaired) electrons. The van der Waals surface area contributed by atoms with Crippen LogP contribution in [0.25, 0.3) is 17.3 Å². The number of anilines is 2. The molecule has 1 heterocycles. The number of hydrogen-bond donors (Lipinski definition) is 3. The highest BCUT2D eigenvalue weighted by Gasteiger charge is 2.24. The van der Waals surface area contributed by atoms with Gasteiger partial charge in [0.25, 0.3) is 17.5 Å². The molecule has 1 unspecified atom stereocenters. The van der Waals surface area contributed by atoms with Crippen LogP contribution in [0, 0.1) is 10.1 Å². The predicted octanol–water partition coefficient (Wildman–Crippen LogP) is 8.63. The SMILES string of the molecule is COc1cc(OC)c(OC)cc1/C=C(\NC(=O)c1ccccc1)C(=O)Nc1ccc(SC(C(=O)Nc2nc(-c3cccc([N+](=O)[O-])c3)cs2)c2ccccc2)cc1. The number of thiazole rings is 1. The van der Waals surface area contributed by atoms with Gasteiger partial charge in [0.05, 0.1) is 31.9 Å². The highest BCUT2D eigenvalue weighted by atomic mass is 32.2. The van der Waals surface area contributed by atoms with E-state index in [-0.39, 0.29) is 17.3 Å². The zero-order chi connectivity index (χ0) is 40.3. The van der Waals surface area contributed by atoms with E-state index in [1.165, 1.54) is 62.6 Å². The first kappa shape index (κ1) is 39.7. The second-order valence-corrected chi connectivity index (χ2v) is 14.1. The normalized spacial score (nSPS) is 11.5. The first-order chi connectivity index (χ1) is 27.6. The van der Waals surface area contributed by atoms with E-state index in [1.807, 2.05) is 30.3 Å². The van der Waals surface area contributed by atoms with Crippen LogP contribution in [0.2, 0.25) is 0 Å². The number of amides is 3. The van der Waals surface area contributed by atoms with Gasteiger partial charge in [-0.05, 0) is 54.1 Å². The molecule has 6 aromatic rings. The molecule has 0 aliphatic carbocycles. The fourth-order valence-corrected chi connectivity index (χ4v) is 7.28. The Morgan fingerprint density at radius 3 is 2.12 bits per heavy atom. The molecule has 57 heavy (non-hydrogen) atoms. The largest absolute Gasteiger partial charge is 0.496 e. The Kier molecular flexibility index (Phi) is 12.9. The number of nitrogens with zero attached hydrogens (tertiary/aromatic N) is 2. The van der Waals surface area contributed by atoms with Crippen LogP contribution in [-0.4, -0.2) is 49.0 Å². The monoisotopic (exact) mass is 801 g/mol. The number of nitro benzene ring substituents is 1. The average molecular weight is 802 g/mol. The summed E-state index contributed by atoms with van der Waals surface area (Å²) in [5.74, 6) is -0.226. The van der Waals surface area contributed by atoms with Gasteiger partial charge in [-0.3, -0.25) is 24.5 Å². The van der Waals surface area contributed by atoms with E-state index < -0.39 is 22.0 Å². The minimum Gasteiger partial charge on any atom is -0.496 e. The molecule has 0 aliphatic heterocycles. The standard InChI is InChI=1S/C42H35N5O8S2/c1-53-35-24-37(55-3)36(54-2)23-29(35)22-33(44-39(48)27-13-8-5-9-14-27)40(49)43-30-17-19-32(20-18-30)57-38(26-11-6-4-7-12-26)41(50)46-42-45-34(25-56-42)28-15-10-16-31(21-28)47(51)52/h4-25,38H,1-3H3,(H,43,49)(H,44,48)(H,45,46,50)/b33-22-. The van der Waals surface area contributed by atoms with Gasteiger partial charge in [0.15, 0.2) is 16.6 Å². The van der Waals surface area contributed by atoms with Gasteiger partial charge < -0.3 is 30.2 Å². The molecule has 1 aromatic heterocycles. The molecule has 0 aliphatic rings. The van der Waals surface area contributed by atoms with Crippen molar-refractivity contribution in [1.82, 2.24) is 10.3 Å². The molecular weight excluding hydrogens is 767 g/mol. The molecule has 6 rings (SSSR count). The van der Waals surface area contributed by atoms with Crippen molar-refractivity contribution in [2.45, 2.75) is 10.1 Å². The van der Waals surface area contributed by atoms with Crippen molar-refractivity contribution < 1.29 is 33.5 Å². The van der Waals surface area contributed by atoms with E-state index in [0.717, 1.165) is 10.5 Å². The van der Waals surface area contributed by atoms with Crippen LogP contribution < -0.4 is 30.2 Å². The average Bonchev–Trinajstić information content (AvgIpc) is 3.71. The Morgan fingerprint density at radius 2 is 1.46 bits per heavy atom. The summed E-state index contributed by atoms with van der Waals surface area (Å²) in [6, 6.07) is 34.1. The molecule has 0 fully saturated rings. The third kappa shape index (κ3) is 10.0. The van der Waals surface area contributed by atoms with Crippen molar-refractivity contribution in [2.75, 3.05) is 32.0 Å². The summed E-state index contributed by atoms with van der Waals surface area (Å²) in [5.41, 5.74) is 2.92. The lowest BCUT2D eigenvalue weighted by atomic mass is 10.1. The Hall–Kier alpha value is -6.97. The molecule has 0 spiro atoms. The Morgan fingerprint density at radius 1 is 0.789 bits per heavy atom.